The van der Waals surface area contributed by atoms with Crippen LogP contribution in [0.4, 0.5) is 14.5 Å². The zero-order valence-corrected chi connectivity index (χ0v) is 9.94. The number of aromatic nitrogens is 2. The van der Waals surface area contributed by atoms with Gasteiger partial charge in [-0.05, 0) is 25.1 Å². The number of hydrogen-bond acceptors (Lipinski definition) is 3. The second kappa shape index (κ2) is 4.64. The molecule has 0 radical (unpaired) electrons. The Morgan fingerprint density at radius 1 is 1.33 bits per heavy atom. The number of benzene rings is 1. The van der Waals surface area contributed by atoms with Crippen molar-refractivity contribution in [2.45, 2.75) is 20.4 Å². The van der Waals surface area contributed by atoms with E-state index in [-0.39, 0.29) is 12.2 Å². The zero-order valence-electron chi connectivity index (χ0n) is 9.94. The van der Waals surface area contributed by atoms with Gasteiger partial charge in [0.15, 0.2) is 5.69 Å². The summed E-state index contributed by atoms with van der Waals surface area (Å²) in [6.07, 6.45) is 0. The second-order valence-corrected chi connectivity index (χ2v) is 4.00. The van der Waals surface area contributed by atoms with Gasteiger partial charge in [0.2, 0.25) is 0 Å². The van der Waals surface area contributed by atoms with E-state index < -0.39 is 11.6 Å². The number of rotatable bonds is 3. The van der Waals surface area contributed by atoms with Gasteiger partial charge in [0.05, 0.1) is 17.9 Å². The molecule has 0 aliphatic heterocycles. The van der Waals surface area contributed by atoms with Gasteiger partial charge >= 0.3 is 0 Å². The minimum absolute atomic E-state index is 0.133. The highest BCUT2D eigenvalue weighted by Crippen LogP contribution is 2.23. The van der Waals surface area contributed by atoms with Gasteiger partial charge in [-0.2, -0.15) is 5.10 Å². The fraction of sp³-hybridized carbons (Fsp3) is 0.250. The molecule has 0 unspecified atom stereocenters. The van der Waals surface area contributed by atoms with Gasteiger partial charge in [-0.25, -0.2) is 8.78 Å². The average molecular weight is 251 g/mol. The van der Waals surface area contributed by atoms with Crippen LogP contribution in [0.15, 0.2) is 23.4 Å². The zero-order chi connectivity index (χ0) is 13.3. The van der Waals surface area contributed by atoms with Crippen LogP contribution in [0, 0.1) is 30.4 Å². The van der Waals surface area contributed by atoms with E-state index in [1.807, 2.05) is 0 Å². The highest BCUT2D eigenvalue weighted by Gasteiger charge is 2.13. The smallest absolute Gasteiger partial charge is 0.151 e. The van der Waals surface area contributed by atoms with Crippen molar-refractivity contribution in [3.8, 4) is 0 Å². The molecule has 6 heteroatoms. The topological polar surface area (TPSA) is 47.2 Å². The molecule has 18 heavy (non-hydrogen) atoms. The Morgan fingerprint density at radius 2 is 2.06 bits per heavy atom. The normalized spacial score (nSPS) is 10.7. The summed E-state index contributed by atoms with van der Waals surface area (Å²) in [5.41, 5.74) is 1.62. The maximum atomic E-state index is 13.5. The first-order chi connectivity index (χ1) is 8.52. The third-order valence-corrected chi connectivity index (χ3v) is 2.77. The molecular formula is C12H11F2N3O. The summed E-state index contributed by atoms with van der Waals surface area (Å²) in [5, 5.41) is 6.98. The van der Waals surface area contributed by atoms with Crippen LogP contribution in [0.3, 0.4) is 0 Å². The maximum Gasteiger partial charge on any atom is 0.151 e. The standard InChI is InChI=1S/C12H11F2N3O/c1-7-12(16-18)8(2)17(15-7)6-9-3-4-10(13)5-11(9)14/h3-5H,6H2,1-2H3. The van der Waals surface area contributed by atoms with Gasteiger partial charge in [-0.3, -0.25) is 4.68 Å². The highest BCUT2D eigenvalue weighted by atomic mass is 19.1. The molecule has 0 N–H and O–H groups in total. The van der Waals surface area contributed by atoms with E-state index in [1.54, 1.807) is 13.8 Å². The first-order valence-electron chi connectivity index (χ1n) is 5.34. The molecule has 0 aliphatic carbocycles. The lowest BCUT2D eigenvalue weighted by Crippen LogP contribution is -2.06. The number of nitrogens with zero attached hydrogens (tertiary/aromatic N) is 3. The van der Waals surface area contributed by atoms with Crippen molar-refractivity contribution in [1.82, 2.24) is 9.78 Å². The molecule has 4 nitrogen and oxygen atoms in total. The van der Waals surface area contributed by atoms with Crippen LogP contribution in [-0.2, 0) is 6.54 Å². The Hall–Kier alpha value is -2.11. The Morgan fingerprint density at radius 3 is 2.61 bits per heavy atom. The van der Waals surface area contributed by atoms with E-state index >= 15 is 0 Å². The van der Waals surface area contributed by atoms with Gasteiger partial charge in [-0.15, -0.1) is 4.91 Å². The van der Waals surface area contributed by atoms with Crippen molar-refractivity contribution in [1.29, 1.82) is 0 Å². The van der Waals surface area contributed by atoms with Crippen molar-refractivity contribution in [3.63, 3.8) is 0 Å². The third kappa shape index (κ3) is 2.13. The van der Waals surface area contributed by atoms with Crippen molar-refractivity contribution in [2.75, 3.05) is 0 Å². The first-order valence-corrected chi connectivity index (χ1v) is 5.34. The number of aryl methyl sites for hydroxylation is 1. The van der Waals surface area contributed by atoms with E-state index in [1.165, 1.54) is 16.8 Å². The van der Waals surface area contributed by atoms with Gasteiger partial charge < -0.3 is 0 Å². The van der Waals surface area contributed by atoms with E-state index in [0.29, 0.717) is 17.0 Å². The molecule has 2 rings (SSSR count). The fourth-order valence-corrected chi connectivity index (χ4v) is 1.78. The number of halogens is 2. The lowest BCUT2D eigenvalue weighted by Gasteiger charge is -2.05. The summed E-state index contributed by atoms with van der Waals surface area (Å²) in [4.78, 5) is 10.6. The van der Waals surface area contributed by atoms with Crippen LogP contribution in [0.25, 0.3) is 0 Å². The van der Waals surface area contributed by atoms with Crippen molar-refractivity contribution in [3.05, 3.63) is 51.7 Å². The van der Waals surface area contributed by atoms with Crippen LogP contribution in [-0.4, -0.2) is 9.78 Å². The summed E-state index contributed by atoms with van der Waals surface area (Å²) in [6.45, 7) is 3.47. The van der Waals surface area contributed by atoms with Crippen molar-refractivity contribution in [2.24, 2.45) is 5.18 Å². The van der Waals surface area contributed by atoms with Gasteiger partial charge in [0.1, 0.15) is 11.6 Å². The number of hydrogen-bond donors (Lipinski definition) is 0. The maximum absolute atomic E-state index is 13.5. The van der Waals surface area contributed by atoms with Crippen molar-refractivity contribution >= 4 is 5.69 Å². The van der Waals surface area contributed by atoms with Gasteiger partial charge in [0, 0.05) is 11.6 Å². The molecule has 1 aromatic carbocycles. The molecule has 0 aliphatic rings. The largest absolute Gasteiger partial charge is 0.263 e. The summed E-state index contributed by atoms with van der Waals surface area (Å²) in [6, 6.07) is 3.36. The number of nitroso groups, excluding NO2 is 1. The molecule has 0 spiro atoms. The van der Waals surface area contributed by atoms with E-state index in [2.05, 4.69) is 10.3 Å². The quantitative estimate of drug-likeness (QED) is 0.786. The Labute approximate surface area is 102 Å². The molecule has 0 amide bonds. The summed E-state index contributed by atoms with van der Waals surface area (Å²) >= 11 is 0. The lowest BCUT2D eigenvalue weighted by atomic mass is 10.2. The van der Waals surface area contributed by atoms with Crippen LogP contribution in [0.5, 0.6) is 0 Å². The fourth-order valence-electron chi connectivity index (χ4n) is 1.78. The Bertz CT molecular complexity index is 608. The molecule has 0 saturated heterocycles. The molecule has 0 bridgehead atoms. The average Bonchev–Trinajstić information content (AvgIpc) is 2.58. The molecule has 2 aromatic rings. The second-order valence-electron chi connectivity index (χ2n) is 4.00. The SMILES string of the molecule is Cc1nn(Cc2ccc(F)cc2F)c(C)c1N=O. The molecular weight excluding hydrogens is 240 g/mol. The Balaban J connectivity index is 2.37. The molecule has 1 heterocycles. The lowest BCUT2D eigenvalue weighted by molar-refractivity contribution is 0.555. The van der Waals surface area contributed by atoms with E-state index in [4.69, 9.17) is 0 Å². The highest BCUT2D eigenvalue weighted by molar-refractivity contribution is 5.46. The minimum Gasteiger partial charge on any atom is -0.263 e. The van der Waals surface area contributed by atoms with Crippen LogP contribution in [0.1, 0.15) is 17.0 Å². The predicted octanol–water partition coefficient (Wildman–Crippen LogP) is 3.22. The van der Waals surface area contributed by atoms with Crippen LogP contribution >= 0.6 is 0 Å². The monoisotopic (exact) mass is 251 g/mol. The summed E-state index contributed by atoms with van der Waals surface area (Å²) in [7, 11) is 0. The van der Waals surface area contributed by atoms with Gasteiger partial charge in [-0.1, -0.05) is 6.07 Å². The summed E-state index contributed by atoms with van der Waals surface area (Å²) in [5.74, 6) is -1.26. The predicted molar refractivity (Wildman–Crippen MR) is 62.6 cm³/mol. The Kier molecular flexibility index (Phi) is 3.18. The molecule has 94 valence electrons. The summed E-state index contributed by atoms with van der Waals surface area (Å²) < 4.78 is 27.7. The van der Waals surface area contributed by atoms with E-state index in [9.17, 15) is 13.7 Å². The first kappa shape index (κ1) is 12.3. The molecule has 0 fully saturated rings. The molecule has 0 saturated carbocycles. The van der Waals surface area contributed by atoms with Crippen molar-refractivity contribution < 1.29 is 8.78 Å². The van der Waals surface area contributed by atoms with Crippen LogP contribution < -0.4 is 0 Å². The third-order valence-electron chi connectivity index (χ3n) is 2.77. The van der Waals surface area contributed by atoms with E-state index in [0.717, 1.165) is 6.07 Å². The van der Waals surface area contributed by atoms with Crippen LogP contribution in [0.2, 0.25) is 0 Å². The molecule has 1 aromatic heterocycles. The molecule has 0 atom stereocenters. The minimum atomic E-state index is -0.636. The van der Waals surface area contributed by atoms with Gasteiger partial charge in [0.25, 0.3) is 0 Å².